The molecule has 2 N–H and O–H groups in total. The van der Waals surface area contributed by atoms with Crippen molar-refractivity contribution in [3.8, 4) is 0 Å². The number of aromatic nitrogens is 3. The minimum absolute atomic E-state index is 0.153. The summed E-state index contributed by atoms with van der Waals surface area (Å²) in [7, 11) is 0. The molecule has 1 aliphatic heterocycles. The van der Waals surface area contributed by atoms with Crippen molar-refractivity contribution in [1.29, 1.82) is 0 Å². The number of fused-ring (bicyclic) bond motifs is 1. The Morgan fingerprint density at radius 2 is 1.93 bits per heavy atom. The van der Waals surface area contributed by atoms with E-state index in [2.05, 4.69) is 15.6 Å². The monoisotopic (exact) mass is 658 g/mol. The number of carbonyl (C=O) groups excluding carboxylic acids is 3. The molecule has 1 saturated heterocycles. The lowest BCUT2D eigenvalue weighted by molar-refractivity contribution is -0.148. The van der Waals surface area contributed by atoms with Gasteiger partial charge in [-0.2, -0.15) is 0 Å². The molecule has 0 aromatic carbocycles. The number of rotatable bonds is 8. The van der Waals surface area contributed by atoms with Gasteiger partial charge in [-0.15, -0.1) is 22.9 Å². The predicted molar refractivity (Wildman–Crippen MR) is 176 cm³/mol. The van der Waals surface area contributed by atoms with Crippen molar-refractivity contribution < 1.29 is 23.9 Å². The van der Waals surface area contributed by atoms with Crippen LogP contribution in [0.2, 0.25) is 0 Å². The van der Waals surface area contributed by atoms with E-state index >= 15 is 0 Å². The molecule has 4 rings (SSSR count). The van der Waals surface area contributed by atoms with Crippen molar-refractivity contribution in [1.82, 2.24) is 19.7 Å². The van der Waals surface area contributed by atoms with Crippen molar-refractivity contribution in [2.75, 3.05) is 35.7 Å². The zero-order chi connectivity index (χ0) is 32.9. The summed E-state index contributed by atoms with van der Waals surface area (Å²) in [5, 5.41) is 7.79. The Hall–Kier alpha value is -3.97. The van der Waals surface area contributed by atoms with Crippen LogP contribution in [0.15, 0.2) is 34.6 Å². The molecule has 0 radical (unpaired) electrons. The molecule has 0 spiro atoms. The van der Waals surface area contributed by atoms with Crippen LogP contribution in [0.1, 0.15) is 76.0 Å². The predicted octanol–water partition coefficient (Wildman–Crippen LogP) is 4.99. The number of ether oxygens (including phenoxy) is 2. The van der Waals surface area contributed by atoms with Gasteiger partial charge in [0.15, 0.2) is 5.13 Å². The number of pyridine rings is 1. The number of piperidine rings is 1. The molecule has 3 aromatic heterocycles. The zero-order valence-corrected chi connectivity index (χ0v) is 27.9. The Kier molecular flexibility index (Phi) is 10.5. The topological polar surface area (TPSA) is 144 Å². The molecular weight excluding hydrogens is 620 g/mol. The van der Waals surface area contributed by atoms with E-state index in [4.69, 9.17) is 26.1 Å². The lowest BCUT2D eigenvalue weighted by Crippen LogP contribution is -2.43. The van der Waals surface area contributed by atoms with Gasteiger partial charge in [0.1, 0.15) is 23.2 Å². The van der Waals surface area contributed by atoms with E-state index in [9.17, 15) is 19.2 Å². The molecule has 1 fully saturated rings. The zero-order valence-electron chi connectivity index (χ0n) is 26.3. The molecule has 2 amide bonds. The van der Waals surface area contributed by atoms with Gasteiger partial charge >= 0.3 is 12.1 Å². The van der Waals surface area contributed by atoms with Crippen LogP contribution in [0, 0.1) is 0 Å². The normalized spacial score (nSPS) is 15.7. The van der Waals surface area contributed by atoms with Gasteiger partial charge < -0.3 is 19.7 Å². The molecule has 0 saturated carbocycles. The maximum atomic E-state index is 13.8. The van der Waals surface area contributed by atoms with Crippen molar-refractivity contribution in [2.24, 2.45) is 0 Å². The van der Waals surface area contributed by atoms with Crippen LogP contribution in [0.3, 0.4) is 0 Å². The Morgan fingerprint density at radius 3 is 2.60 bits per heavy atom. The van der Waals surface area contributed by atoms with Crippen LogP contribution >= 0.6 is 22.9 Å². The SMILES string of the molecule is CC(C)(C)OC(=O)C=Cc1c(N2CCC[C@@H](OC(=O)NCCCl)C2)nc2cc(C(=O)Nc3nc(C(C)(C)C)cs3)ccn2c1=O. The molecule has 0 unspecified atom stereocenters. The summed E-state index contributed by atoms with van der Waals surface area (Å²) in [6.07, 6.45) is 4.29. The third-order valence-corrected chi connectivity index (χ3v) is 7.66. The highest BCUT2D eigenvalue weighted by molar-refractivity contribution is 7.14. The quantitative estimate of drug-likeness (QED) is 0.194. The van der Waals surface area contributed by atoms with E-state index in [1.165, 1.54) is 46.2 Å². The fourth-order valence-corrected chi connectivity index (χ4v) is 5.60. The first-order chi connectivity index (χ1) is 21.1. The van der Waals surface area contributed by atoms with Crippen molar-refractivity contribution in [2.45, 2.75) is 71.5 Å². The standard InChI is InChI=1S/C31H39ClN6O6S/c1-30(2,3)22-18-45-28(34-22)36-26(40)19-11-15-38-23(16-19)35-25(21(27(38)41)9-10-24(39)44-31(4,5)6)37-14-7-8-20(17-37)43-29(42)33-13-12-32/h9-11,15-16,18,20H,7-8,12-14,17H2,1-6H3,(H,33,42)(H,34,36,40)/t20-/m1/s1. The summed E-state index contributed by atoms with van der Waals surface area (Å²) in [5.41, 5.74) is 0.215. The first-order valence-corrected chi connectivity index (χ1v) is 16.1. The number of carbonyl (C=O) groups is 3. The van der Waals surface area contributed by atoms with Crippen LogP contribution < -0.4 is 21.1 Å². The number of alkyl carbamates (subject to hydrolysis) is 1. The Bertz CT molecular complexity index is 1650. The summed E-state index contributed by atoms with van der Waals surface area (Å²) in [5.74, 6) is -0.461. The van der Waals surface area contributed by atoms with Gasteiger partial charge in [-0.05, 0) is 51.8 Å². The third-order valence-electron chi connectivity index (χ3n) is 6.71. The fourth-order valence-electron chi connectivity index (χ4n) is 4.57. The second-order valence-electron chi connectivity index (χ2n) is 12.6. The third kappa shape index (κ3) is 9.04. The number of nitrogens with one attached hydrogen (secondary N) is 2. The number of amides is 2. The molecule has 45 heavy (non-hydrogen) atoms. The molecule has 1 aliphatic rings. The Balaban J connectivity index is 1.69. The van der Waals surface area contributed by atoms with Gasteiger partial charge in [-0.3, -0.25) is 19.3 Å². The van der Waals surface area contributed by atoms with Gasteiger partial charge in [-0.1, -0.05) is 20.8 Å². The van der Waals surface area contributed by atoms with Crippen LogP contribution in [-0.2, 0) is 19.7 Å². The largest absolute Gasteiger partial charge is 0.457 e. The molecule has 12 nitrogen and oxygen atoms in total. The van der Waals surface area contributed by atoms with Crippen molar-refractivity contribution >= 4 is 63.6 Å². The number of thiazole rings is 1. The Morgan fingerprint density at radius 1 is 1.18 bits per heavy atom. The molecule has 3 aromatic rings. The summed E-state index contributed by atoms with van der Waals surface area (Å²) in [4.78, 5) is 62.8. The van der Waals surface area contributed by atoms with E-state index in [1.807, 2.05) is 31.1 Å². The number of anilines is 2. The molecule has 4 heterocycles. The number of halogens is 1. The summed E-state index contributed by atoms with van der Waals surface area (Å²) in [6, 6.07) is 3.05. The van der Waals surface area contributed by atoms with Crippen molar-refractivity contribution in [3.05, 3.63) is 57.0 Å². The molecule has 0 aliphatic carbocycles. The first kappa shape index (κ1) is 33.9. The van der Waals surface area contributed by atoms with E-state index in [-0.39, 0.29) is 41.2 Å². The van der Waals surface area contributed by atoms with Crippen LogP contribution in [0.25, 0.3) is 11.7 Å². The number of esters is 1. The molecule has 14 heteroatoms. The summed E-state index contributed by atoms with van der Waals surface area (Å²) in [6.45, 7) is 12.4. The van der Waals surface area contributed by atoms with Crippen molar-refractivity contribution in [3.63, 3.8) is 0 Å². The van der Waals surface area contributed by atoms with Gasteiger partial charge in [0.05, 0.1) is 17.8 Å². The van der Waals surface area contributed by atoms with Gasteiger partial charge in [0, 0.05) is 47.6 Å². The van der Waals surface area contributed by atoms with Gasteiger partial charge in [0.2, 0.25) is 0 Å². The highest BCUT2D eigenvalue weighted by Gasteiger charge is 2.27. The minimum Gasteiger partial charge on any atom is -0.457 e. The Labute approximate surface area is 270 Å². The van der Waals surface area contributed by atoms with E-state index in [1.54, 1.807) is 20.8 Å². The van der Waals surface area contributed by atoms with Gasteiger partial charge in [0.25, 0.3) is 11.5 Å². The summed E-state index contributed by atoms with van der Waals surface area (Å²) < 4.78 is 12.3. The van der Waals surface area contributed by atoms with Crippen LogP contribution in [-0.4, -0.2) is 69.6 Å². The lowest BCUT2D eigenvalue weighted by atomic mass is 9.93. The van der Waals surface area contributed by atoms with Gasteiger partial charge in [-0.25, -0.2) is 19.6 Å². The lowest BCUT2D eigenvalue weighted by Gasteiger charge is -2.33. The smallest absolute Gasteiger partial charge is 0.407 e. The van der Waals surface area contributed by atoms with E-state index in [0.29, 0.717) is 30.3 Å². The van der Waals surface area contributed by atoms with E-state index in [0.717, 1.165) is 5.69 Å². The summed E-state index contributed by atoms with van der Waals surface area (Å²) >= 11 is 7.00. The highest BCUT2D eigenvalue weighted by Crippen LogP contribution is 2.27. The number of nitrogens with zero attached hydrogens (tertiary/aromatic N) is 4. The minimum atomic E-state index is -0.716. The van der Waals surface area contributed by atoms with Crippen LogP contribution in [0.5, 0.6) is 0 Å². The molecule has 1 atom stereocenters. The maximum absolute atomic E-state index is 13.8. The average Bonchev–Trinajstić information content (AvgIpc) is 3.43. The maximum Gasteiger partial charge on any atom is 0.407 e. The molecule has 0 bridgehead atoms. The second kappa shape index (κ2) is 14.0. The highest BCUT2D eigenvalue weighted by atomic mass is 35.5. The number of hydrogen-bond acceptors (Lipinski definition) is 10. The average molecular weight is 659 g/mol. The van der Waals surface area contributed by atoms with E-state index < -0.39 is 35.2 Å². The molecular formula is C31H39ClN6O6S. The second-order valence-corrected chi connectivity index (χ2v) is 13.9. The fraction of sp³-hybridized carbons (Fsp3) is 0.484. The first-order valence-electron chi connectivity index (χ1n) is 14.6. The number of hydrogen-bond donors (Lipinski definition) is 2. The van der Waals surface area contributed by atoms with Crippen LogP contribution in [0.4, 0.5) is 15.7 Å². The molecule has 242 valence electrons. The number of alkyl halides is 1.